The Kier molecular flexibility index (Phi) is 4.60. The SMILES string of the molecule is O=C(O)Cc1c(C(F)F)cnc(OC(F)(F)F)c1[N+](=O)[O-]. The van der Waals surface area contributed by atoms with Gasteiger partial charge in [0.1, 0.15) is 0 Å². The minimum Gasteiger partial charge on any atom is -0.481 e. The molecule has 0 unspecified atom stereocenters. The predicted octanol–water partition coefficient (Wildman–Crippen LogP) is 2.45. The molecular formula is C9H5F5N2O5. The van der Waals surface area contributed by atoms with Gasteiger partial charge in [-0.2, -0.15) is 0 Å². The number of halogens is 5. The van der Waals surface area contributed by atoms with Gasteiger partial charge in [-0.1, -0.05) is 0 Å². The average Bonchev–Trinajstić information content (AvgIpc) is 2.24. The van der Waals surface area contributed by atoms with E-state index in [4.69, 9.17) is 5.11 Å². The lowest BCUT2D eigenvalue weighted by Crippen LogP contribution is -2.20. The van der Waals surface area contributed by atoms with Crippen LogP contribution in [0.4, 0.5) is 27.6 Å². The normalized spacial score (nSPS) is 11.5. The van der Waals surface area contributed by atoms with E-state index in [0.717, 1.165) is 0 Å². The number of alkyl halides is 5. The fourth-order valence-corrected chi connectivity index (χ4v) is 1.43. The van der Waals surface area contributed by atoms with Gasteiger partial charge in [0.2, 0.25) is 0 Å². The van der Waals surface area contributed by atoms with Gasteiger partial charge in [0, 0.05) is 11.8 Å². The molecule has 0 radical (unpaired) electrons. The van der Waals surface area contributed by atoms with Crippen molar-refractivity contribution >= 4 is 11.7 Å². The molecule has 0 atom stereocenters. The summed E-state index contributed by atoms with van der Waals surface area (Å²) in [4.78, 5) is 22.7. The standard InChI is InChI=1S/C9H5F5N2O5/c10-7(11)4-2-15-8(21-9(12,13)14)6(16(19)20)3(4)1-5(17)18/h2,7H,1H2,(H,17,18). The number of nitrogens with zero attached hydrogens (tertiary/aromatic N) is 2. The molecular weight excluding hydrogens is 311 g/mol. The Morgan fingerprint density at radius 2 is 2.05 bits per heavy atom. The van der Waals surface area contributed by atoms with Crippen LogP contribution < -0.4 is 4.74 Å². The smallest absolute Gasteiger partial charge is 0.481 e. The number of carbonyl (C=O) groups is 1. The molecule has 1 heterocycles. The molecule has 0 fully saturated rings. The van der Waals surface area contributed by atoms with Crippen molar-refractivity contribution in [2.75, 3.05) is 0 Å². The molecule has 0 aliphatic carbocycles. The zero-order chi connectivity index (χ0) is 16.4. The molecule has 0 saturated heterocycles. The van der Waals surface area contributed by atoms with E-state index in [9.17, 15) is 36.9 Å². The molecule has 1 N–H and O–H groups in total. The largest absolute Gasteiger partial charge is 0.574 e. The Labute approximate surface area is 112 Å². The summed E-state index contributed by atoms with van der Waals surface area (Å²) in [6, 6.07) is 0. The highest BCUT2D eigenvalue weighted by Gasteiger charge is 2.38. The van der Waals surface area contributed by atoms with Crippen LogP contribution in [0.1, 0.15) is 17.6 Å². The number of ether oxygens (including phenoxy) is 1. The first-order chi connectivity index (χ1) is 9.53. The van der Waals surface area contributed by atoms with Gasteiger partial charge in [-0.15, -0.1) is 13.2 Å². The summed E-state index contributed by atoms with van der Waals surface area (Å²) < 4.78 is 64.9. The summed E-state index contributed by atoms with van der Waals surface area (Å²) in [6.45, 7) is 0. The molecule has 1 aromatic rings. The lowest BCUT2D eigenvalue weighted by atomic mass is 10.1. The van der Waals surface area contributed by atoms with Crippen LogP contribution in [0.2, 0.25) is 0 Å². The zero-order valence-electron chi connectivity index (χ0n) is 9.73. The third-order valence-corrected chi connectivity index (χ3v) is 2.12. The topological polar surface area (TPSA) is 103 Å². The summed E-state index contributed by atoms with van der Waals surface area (Å²) in [6.07, 6.45) is -9.79. The van der Waals surface area contributed by atoms with Crippen LogP contribution in [0.5, 0.6) is 5.88 Å². The maximum absolute atomic E-state index is 12.7. The van der Waals surface area contributed by atoms with Crippen LogP contribution in [0.25, 0.3) is 0 Å². The van der Waals surface area contributed by atoms with E-state index < -0.39 is 52.8 Å². The van der Waals surface area contributed by atoms with Crippen molar-refractivity contribution in [2.24, 2.45) is 0 Å². The first kappa shape index (κ1) is 16.5. The monoisotopic (exact) mass is 316 g/mol. The number of aromatic nitrogens is 1. The van der Waals surface area contributed by atoms with Crippen molar-refractivity contribution in [3.63, 3.8) is 0 Å². The van der Waals surface area contributed by atoms with E-state index in [1.807, 2.05) is 0 Å². The lowest BCUT2D eigenvalue weighted by Gasteiger charge is -2.12. The molecule has 21 heavy (non-hydrogen) atoms. The van der Waals surface area contributed by atoms with Crippen LogP contribution >= 0.6 is 0 Å². The first-order valence-corrected chi connectivity index (χ1v) is 4.94. The van der Waals surface area contributed by atoms with E-state index in [1.54, 1.807) is 0 Å². The van der Waals surface area contributed by atoms with Gasteiger partial charge in [0.15, 0.2) is 0 Å². The molecule has 1 rings (SSSR count). The molecule has 0 spiro atoms. The van der Waals surface area contributed by atoms with Gasteiger partial charge < -0.3 is 9.84 Å². The van der Waals surface area contributed by atoms with E-state index in [-0.39, 0.29) is 6.20 Å². The molecule has 7 nitrogen and oxygen atoms in total. The number of aliphatic carboxylic acids is 1. The second-order valence-electron chi connectivity index (χ2n) is 3.52. The maximum atomic E-state index is 12.7. The summed E-state index contributed by atoms with van der Waals surface area (Å²) in [5.74, 6) is -3.35. The van der Waals surface area contributed by atoms with Crippen LogP contribution in [0, 0.1) is 10.1 Å². The van der Waals surface area contributed by atoms with Gasteiger partial charge in [-0.05, 0) is 0 Å². The maximum Gasteiger partial charge on any atom is 0.574 e. The number of hydrogen-bond acceptors (Lipinski definition) is 5. The average molecular weight is 316 g/mol. The van der Waals surface area contributed by atoms with Crippen molar-refractivity contribution in [1.82, 2.24) is 4.98 Å². The Hall–Kier alpha value is -2.53. The van der Waals surface area contributed by atoms with Crippen LogP contribution in [-0.2, 0) is 11.2 Å². The van der Waals surface area contributed by atoms with Crippen molar-refractivity contribution in [3.05, 3.63) is 27.4 Å². The number of pyridine rings is 1. The predicted molar refractivity (Wildman–Crippen MR) is 53.9 cm³/mol. The molecule has 116 valence electrons. The number of carboxylic acids is 1. The number of carboxylic acid groups (broad SMARTS) is 1. The minimum absolute atomic E-state index is 0.205. The van der Waals surface area contributed by atoms with Gasteiger partial charge in [0.25, 0.3) is 6.43 Å². The molecule has 0 bridgehead atoms. The summed E-state index contributed by atoms with van der Waals surface area (Å²) >= 11 is 0. The number of rotatable bonds is 5. The molecule has 0 amide bonds. The van der Waals surface area contributed by atoms with Crippen molar-refractivity contribution in [3.8, 4) is 5.88 Å². The van der Waals surface area contributed by atoms with Crippen LogP contribution in [0.15, 0.2) is 6.20 Å². The van der Waals surface area contributed by atoms with Crippen molar-refractivity contribution in [2.45, 2.75) is 19.2 Å². The molecule has 0 aliphatic heterocycles. The zero-order valence-corrected chi connectivity index (χ0v) is 9.73. The van der Waals surface area contributed by atoms with E-state index in [1.165, 1.54) is 0 Å². The molecule has 0 aliphatic rings. The van der Waals surface area contributed by atoms with Gasteiger partial charge in [0.05, 0.1) is 16.9 Å². The fraction of sp³-hybridized carbons (Fsp3) is 0.333. The fourth-order valence-electron chi connectivity index (χ4n) is 1.43. The summed E-state index contributed by atoms with van der Waals surface area (Å²) in [7, 11) is 0. The van der Waals surface area contributed by atoms with Gasteiger partial charge in [-0.3, -0.25) is 14.9 Å². The summed E-state index contributed by atoms with van der Waals surface area (Å²) in [5.41, 5.74) is -3.82. The van der Waals surface area contributed by atoms with E-state index in [2.05, 4.69) is 9.72 Å². The molecule has 1 aromatic heterocycles. The van der Waals surface area contributed by atoms with Crippen LogP contribution in [0.3, 0.4) is 0 Å². The third-order valence-electron chi connectivity index (χ3n) is 2.12. The van der Waals surface area contributed by atoms with Crippen molar-refractivity contribution < 1.29 is 41.5 Å². The van der Waals surface area contributed by atoms with Crippen LogP contribution in [-0.4, -0.2) is 27.3 Å². The quantitative estimate of drug-likeness (QED) is 0.508. The number of nitro groups is 1. The van der Waals surface area contributed by atoms with Gasteiger partial charge in [-0.25, -0.2) is 13.8 Å². The highest BCUT2D eigenvalue weighted by atomic mass is 19.4. The molecule has 12 heteroatoms. The highest BCUT2D eigenvalue weighted by molar-refractivity contribution is 5.73. The Morgan fingerprint density at radius 3 is 2.43 bits per heavy atom. The lowest BCUT2D eigenvalue weighted by molar-refractivity contribution is -0.390. The van der Waals surface area contributed by atoms with Crippen molar-refractivity contribution in [1.29, 1.82) is 0 Å². The Bertz CT molecular complexity index is 574. The second kappa shape index (κ2) is 5.85. The minimum atomic E-state index is -5.36. The van der Waals surface area contributed by atoms with Gasteiger partial charge >= 0.3 is 23.9 Å². The molecule has 0 saturated carbocycles. The first-order valence-electron chi connectivity index (χ1n) is 4.94. The highest BCUT2D eigenvalue weighted by Crippen LogP contribution is 2.37. The Balaban J connectivity index is 3.55. The Morgan fingerprint density at radius 1 is 1.48 bits per heavy atom. The van der Waals surface area contributed by atoms with E-state index >= 15 is 0 Å². The molecule has 0 aromatic carbocycles. The van der Waals surface area contributed by atoms with E-state index in [0.29, 0.717) is 0 Å². The number of hydrogen-bond donors (Lipinski definition) is 1. The second-order valence-corrected chi connectivity index (χ2v) is 3.52. The third kappa shape index (κ3) is 4.22. The summed E-state index contributed by atoms with van der Waals surface area (Å²) in [5, 5.41) is 19.3.